The van der Waals surface area contributed by atoms with Gasteiger partial charge in [-0.25, -0.2) is 8.78 Å². The Morgan fingerprint density at radius 3 is 2.07 bits per heavy atom. The van der Waals surface area contributed by atoms with Crippen molar-refractivity contribution in [3.8, 4) is 0 Å². The van der Waals surface area contributed by atoms with E-state index in [1.165, 1.54) is 24.3 Å². The van der Waals surface area contributed by atoms with Crippen molar-refractivity contribution < 1.29 is 26.8 Å². The minimum absolute atomic E-state index is 0.0186. The summed E-state index contributed by atoms with van der Waals surface area (Å²) in [6.45, 7) is 0.360. The van der Waals surface area contributed by atoms with Crippen molar-refractivity contribution in [1.82, 2.24) is 5.32 Å². The number of nitrogens with zero attached hydrogens (tertiary/aromatic N) is 1. The first kappa shape index (κ1) is 20.4. The third-order valence-electron chi connectivity index (χ3n) is 5.18. The topological polar surface area (TPSA) is 33.6 Å². The number of nitrogens with one attached hydrogen (secondary N) is 1. The van der Waals surface area contributed by atoms with E-state index in [0.29, 0.717) is 11.1 Å². The Kier molecular flexibility index (Phi) is 4.79. The molecule has 154 valence electrons. The van der Waals surface area contributed by atoms with Crippen LogP contribution < -0.4 is 5.32 Å². The maximum absolute atomic E-state index is 14.4. The fourth-order valence-corrected chi connectivity index (χ4v) is 3.84. The molecule has 0 aliphatic carbocycles. The van der Waals surface area contributed by atoms with Gasteiger partial charge in [-0.05, 0) is 23.3 Å². The first-order valence-electron chi connectivity index (χ1n) is 8.53. The van der Waals surface area contributed by atoms with Crippen LogP contribution in [0.2, 0.25) is 10.0 Å². The van der Waals surface area contributed by atoms with E-state index in [-0.39, 0.29) is 18.8 Å². The Morgan fingerprint density at radius 2 is 1.59 bits per heavy atom. The highest BCUT2D eigenvalue weighted by atomic mass is 35.5. The van der Waals surface area contributed by atoms with Gasteiger partial charge in [0.2, 0.25) is 0 Å². The molecule has 29 heavy (non-hydrogen) atoms. The van der Waals surface area contributed by atoms with Gasteiger partial charge in [0.15, 0.2) is 11.5 Å². The predicted molar refractivity (Wildman–Crippen MR) is 98.5 cm³/mol. The molecule has 1 fully saturated rings. The number of halogens is 7. The Morgan fingerprint density at radius 1 is 1.00 bits per heavy atom. The number of hydrogen-bond acceptors (Lipinski definition) is 3. The second kappa shape index (κ2) is 6.82. The van der Waals surface area contributed by atoms with Gasteiger partial charge >= 0.3 is 6.18 Å². The smallest absolute Gasteiger partial charge is 0.374 e. The van der Waals surface area contributed by atoms with Crippen LogP contribution in [0.4, 0.5) is 22.0 Å². The summed E-state index contributed by atoms with van der Waals surface area (Å²) in [6, 6.07) is 7.67. The van der Waals surface area contributed by atoms with Gasteiger partial charge in [0.1, 0.15) is 0 Å². The SMILES string of the molecule is Fc1c(Cl)cc([C@@]2(C(F)(F)F)CC(c3ccc(C4(F)CNC4)cc3)=NO2)cc1Cl. The summed E-state index contributed by atoms with van der Waals surface area (Å²) < 4.78 is 70.1. The highest BCUT2D eigenvalue weighted by molar-refractivity contribution is 6.35. The van der Waals surface area contributed by atoms with Gasteiger partial charge in [0.05, 0.1) is 15.8 Å². The molecule has 0 unspecified atom stereocenters. The lowest BCUT2D eigenvalue weighted by molar-refractivity contribution is -0.275. The summed E-state index contributed by atoms with van der Waals surface area (Å²) in [7, 11) is 0. The van der Waals surface area contributed by atoms with E-state index in [0.717, 1.165) is 12.1 Å². The van der Waals surface area contributed by atoms with Crippen molar-refractivity contribution in [1.29, 1.82) is 0 Å². The second-order valence-corrected chi connectivity index (χ2v) is 7.85. The molecule has 3 nitrogen and oxygen atoms in total. The van der Waals surface area contributed by atoms with Crippen molar-refractivity contribution in [2.45, 2.75) is 23.9 Å². The fraction of sp³-hybridized carbons (Fsp3) is 0.316. The zero-order valence-corrected chi connectivity index (χ0v) is 16.1. The molecular weight excluding hydrogens is 438 g/mol. The monoisotopic (exact) mass is 450 g/mol. The van der Waals surface area contributed by atoms with Gasteiger partial charge in [0.25, 0.3) is 5.60 Å². The van der Waals surface area contributed by atoms with Gasteiger partial charge in [-0.1, -0.05) is 52.6 Å². The van der Waals surface area contributed by atoms with Crippen molar-refractivity contribution in [3.63, 3.8) is 0 Å². The molecule has 0 bridgehead atoms. The number of oxime groups is 1. The van der Waals surface area contributed by atoms with E-state index in [9.17, 15) is 22.0 Å². The second-order valence-electron chi connectivity index (χ2n) is 7.03. The Labute approximate surface area is 172 Å². The molecule has 0 saturated carbocycles. The molecule has 2 aromatic rings. The van der Waals surface area contributed by atoms with Crippen LogP contribution in [0.15, 0.2) is 41.6 Å². The summed E-state index contributed by atoms with van der Waals surface area (Å²) in [4.78, 5) is 4.88. The molecule has 0 radical (unpaired) electrons. The van der Waals surface area contributed by atoms with Gasteiger partial charge in [-0.3, -0.25) is 0 Å². The van der Waals surface area contributed by atoms with Crippen LogP contribution in [-0.4, -0.2) is 25.0 Å². The normalized spacial score (nSPS) is 23.3. The molecule has 2 heterocycles. The van der Waals surface area contributed by atoms with Gasteiger partial charge < -0.3 is 10.2 Å². The lowest BCUT2D eigenvalue weighted by Gasteiger charge is -2.35. The Bertz CT molecular complexity index is 966. The van der Waals surface area contributed by atoms with E-state index in [1.54, 1.807) is 0 Å². The first-order chi connectivity index (χ1) is 13.6. The fourth-order valence-electron chi connectivity index (χ4n) is 3.36. The van der Waals surface area contributed by atoms with Crippen LogP contribution in [0.3, 0.4) is 0 Å². The van der Waals surface area contributed by atoms with Crippen LogP contribution in [-0.2, 0) is 16.1 Å². The molecule has 0 aromatic heterocycles. The van der Waals surface area contributed by atoms with Gasteiger partial charge in [0, 0.05) is 25.1 Å². The standard InChI is InChI=1S/C19H13Cl2F5N2O/c20-13-5-12(6-14(21)16(13)22)18(19(24,25)26)7-15(28-29-18)10-1-3-11(4-2-10)17(23)8-27-9-17/h1-6,27H,7-9H2/t18-/m1/s1. The summed E-state index contributed by atoms with van der Waals surface area (Å²) in [5, 5.41) is 5.35. The molecule has 0 amide bonds. The number of rotatable bonds is 3. The van der Waals surface area contributed by atoms with E-state index in [2.05, 4.69) is 10.5 Å². The molecule has 4 rings (SSSR count). The van der Waals surface area contributed by atoms with Crippen LogP contribution in [0, 0.1) is 5.82 Å². The molecule has 2 aromatic carbocycles. The van der Waals surface area contributed by atoms with E-state index in [4.69, 9.17) is 28.0 Å². The number of alkyl halides is 4. The molecule has 2 aliphatic heterocycles. The molecule has 0 spiro atoms. The predicted octanol–water partition coefficient (Wildman–Crippen LogP) is 5.48. The van der Waals surface area contributed by atoms with E-state index >= 15 is 0 Å². The Balaban J connectivity index is 1.67. The quantitative estimate of drug-likeness (QED) is 0.495. The van der Waals surface area contributed by atoms with Crippen LogP contribution in [0.5, 0.6) is 0 Å². The molecular formula is C19H13Cl2F5N2O. The third-order valence-corrected chi connectivity index (χ3v) is 5.73. The molecule has 2 aliphatic rings. The summed E-state index contributed by atoms with van der Waals surface area (Å²) in [6.07, 6.45) is -5.56. The highest BCUT2D eigenvalue weighted by Gasteiger charge is 2.62. The Hall–Kier alpha value is -1.90. The van der Waals surface area contributed by atoms with Crippen molar-refractivity contribution in [3.05, 3.63) is 69.0 Å². The lowest BCUT2D eigenvalue weighted by Crippen LogP contribution is -2.53. The van der Waals surface area contributed by atoms with Crippen molar-refractivity contribution in [2.24, 2.45) is 5.16 Å². The van der Waals surface area contributed by atoms with Crippen LogP contribution in [0.25, 0.3) is 0 Å². The number of hydrogen-bond donors (Lipinski definition) is 1. The van der Waals surface area contributed by atoms with Crippen LogP contribution >= 0.6 is 23.2 Å². The summed E-state index contributed by atoms with van der Waals surface area (Å²) in [5.41, 5.74) is -4.00. The van der Waals surface area contributed by atoms with E-state index < -0.39 is 45.3 Å². The van der Waals surface area contributed by atoms with Crippen molar-refractivity contribution >= 4 is 28.9 Å². The molecule has 1 saturated heterocycles. The van der Waals surface area contributed by atoms with Gasteiger partial charge in [-0.2, -0.15) is 13.2 Å². The minimum Gasteiger partial charge on any atom is -0.374 e. The van der Waals surface area contributed by atoms with Gasteiger partial charge in [-0.15, -0.1) is 0 Å². The zero-order chi connectivity index (χ0) is 21.0. The largest absolute Gasteiger partial charge is 0.435 e. The zero-order valence-electron chi connectivity index (χ0n) is 14.6. The average Bonchev–Trinajstić information content (AvgIpc) is 3.11. The highest BCUT2D eigenvalue weighted by Crippen LogP contribution is 2.50. The summed E-state index contributed by atoms with van der Waals surface area (Å²) in [5.74, 6) is -1.02. The van der Waals surface area contributed by atoms with Crippen molar-refractivity contribution in [2.75, 3.05) is 13.1 Å². The molecule has 1 atom stereocenters. The molecule has 10 heteroatoms. The minimum atomic E-state index is -4.89. The third kappa shape index (κ3) is 3.27. The maximum atomic E-state index is 14.4. The average molecular weight is 451 g/mol. The first-order valence-corrected chi connectivity index (χ1v) is 9.29. The maximum Gasteiger partial charge on any atom is 0.435 e. The summed E-state index contributed by atoms with van der Waals surface area (Å²) >= 11 is 11.4. The van der Waals surface area contributed by atoms with Crippen LogP contribution in [0.1, 0.15) is 23.1 Å². The van der Waals surface area contributed by atoms with E-state index in [1.807, 2.05) is 0 Å². The number of benzene rings is 2. The molecule has 1 N–H and O–H groups in total. The lowest BCUT2D eigenvalue weighted by atomic mass is 9.85.